The van der Waals surface area contributed by atoms with Crippen molar-refractivity contribution in [3.8, 4) is 11.3 Å². The van der Waals surface area contributed by atoms with Crippen molar-refractivity contribution in [2.75, 3.05) is 0 Å². The molecule has 2 aromatic heterocycles. The van der Waals surface area contributed by atoms with Crippen molar-refractivity contribution in [3.63, 3.8) is 0 Å². The number of hydrogen-bond acceptors (Lipinski definition) is 3. The molecule has 0 amide bonds. The summed E-state index contributed by atoms with van der Waals surface area (Å²) in [5.41, 5.74) is 8.91. The van der Waals surface area contributed by atoms with Crippen molar-refractivity contribution in [1.29, 1.82) is 0 Å². The average Bonchev–Trinajstić information content (AvgIpc) is 3.23. The summed E-state index contributed by atoms with van der Waals surface area (Å²) in [6, 6.07) is 16.0. The monoisotopic (exact) mass is 524 g/mol. The van der Waals surface area contributed by atoms with Gasteiger partial charge in [0.1, 0.15) is 0 Å². The Morgan fingerprint density at radius 2 is 1.57 bits per heavy atom. The molecule has 0 atom stereocenters. The summed E-state index contributed by atoms with van der Waals surface area (Å²) in [4.78, 5) is 9.52. The number of aromatic nitrogens is 2. The summed E-state index contributed by atoms with van der Waals surface area (Å²) in [5, 5.41) is 3.76. The van der Waals surface area contributed by atoms with E-state index in [1.165, 1.54) is 31.9 Å². The second kappa shape index (κ2) is 7.19. The molecule has 0 saturated carbocycles. The first-order valence-corrected chi connectivity index (χ1v) is 20.0. The molecule has 0 aliphatic heterocycles. The molecular formula is C31H34GeN2O. The van der Waals surface area contributed by atoms with Gasteiger partial charge in [0.2, 0.25) is 0 Å². The SMILES string of the molecule is Cc1ccc2[c]([Ge]([CH3])([CH3])[CH3])cc(-c3ncnc4c3oc3c5c(ccc34)C(C)(C)CC5(C)C)cc2c1. The fourth-order valence-electron chi connectivity index (χ4n) is 6.62. The van der Waals surface area contributed by atoms with E-state index in [0.29, 0.717) is 0 Å². The van der Waals surface area contributed by atoms with Crippen LogP contribution in [0.4, 0.5) is 0 Å². The topological polar surface area (TPSA) is 38.9 Å². The summed E-state index contributed by atoms with van der Waals surface area (Å²) < 4.78 is 8.27. The Balaban J connectivity index is 1.68. The molecule has 3 aromatic carbocycles. The minimum atomic E-state index is -2.16. The second-order valence-corrected chi connectivity index (χ2v) is 23.4. The van der Waals surface area contributed by atoms with E-state index >= 15 is 0 Å². The van der Waals surface area contributed by atoms with Gasteiger partial charge in [-0.2, -0.15) is 0 Å². The van der Waals surface area contributed by atoms with Crippen LogP contribution in [0.15, 0.2) is 53.2 Å². The fraction of sp³-hybridized carbons (Fsp3) is 0.355. The van der Waals surface area contributed by atoms with Gasteiger partial charge in [0.05, 0.1) is 0 Å². The molecule has 0 unspecified atom stereocenters. The molecule has 3 nitrogen and oxygen atoms in total. The van der Waals surface area contributed by atoms with Crippen molar-refractivity contribution in [3.05, 3.63) is 65.5 Å². The van der Waals surface area contributed by atoms with Gasteiger partial charge in [-0.05, 0) is 0 Å². The number of furan rings is 1. The molecule has 0 bridgehead atoms. The molecule has 178 valence electrons. The molecular weight excluding hydrogens is 489 g/mol. The zero-order chi connectivity index (χ0) is 24.9. The zero-order valence-electron chi connectivity index (χ0n) is 22.1. The molecule has 0 N–H and O–H groups in total. The average molecular weight is 523 g/mol. The predicted molar refractivity (Wildman–Crippen MR) is 151 cm³/mol. The Labute approximate surface area is 210 Å². The zero-order valence-corrected chi connectivity index (χ0v) is 24.2. The number of aryl methyl sites for hydroxylation is 1. The van der Waals surface area contributed by atoms with Crippen LogP contribution in [0.1, 0.15) is 50.8 Å². The summed E-state index contributed by atoms with van der Waals surface area (Å²) in [6.07, 6.45) is 2.81. The van der Waals surface area contributed by atoms with E-state index in [1.807, 2.05) is 0 Å². The molecule has 1 aliphatic carbocycles. The Kier molecular flexibility index (Phi) is 4.68. The third kappa shape index (κ3) is 3.38. The maximum absolute atomic E-state index is 6.76. The maximum atomic E-state index is 6.76. The van der Waals surface area contributed by atoms with Crippen LogP contribution in [0.5, 0.6) is 0 Å². The first-order chi connectivity index (χ1) is 16.4. The van der Waals surface area contributed by atoms with Crippen molar-refractivity contribution >= 4 is 50.5 Å². The summed E-state index contributed by atoms with van der Waals surface area (Å²) >= 11 is -2.16. The van der Waals surface area contributed by atoms with E-state index in [2.05, 4.69) is 94.4 Å². The van der Waals surface area contributed by atoms with Crippen LogP contribution in [0, 0.1) is 6.92 Å². The Hall–Kier alpha value is -2.66. The van der Waals surface area contributed by atoms with Crippen LogP contribution in [0.3, 0.4) is 0 Å². The number of rotatable bonds is 2. The van der Waals surface area contributed by atoms with E-state index in [9.17, 15) is 0 Å². The molecule has 0 spiro atoms. The number of fused-ring (bicyclic) bond motifs is 6. The molecule has 5 aromatic rings. The minimum absolute atomic E-state index is 0.0489. The van der Waals surface area contributed by atoms with Crippen LogP contribution in [0.2, 0.25) is 17.3 Å². The van der Waals surface area contributed by atoms with Gasteiger partial charge < -0.3 is 0 Å². The Morgan fingerprint density at radius 1 is 0.829 bits per heavy atom. The van der Waals surface area contributed by atoms with Crippen LogP contribution in [-0.4, -0.2) is 23.2 Å². The van der Waals surface area contributed by atoms with Gasteiger partial charge in [-0.1, -0.05) is 0 Å². The quantitative estimate of drug-likeness (QED) is 0.220. The standard InChI is InChI=1S/C31H34GeN2O/c1-18-9-10-21-19(13-18)14-20(15-24(21)32(6,7)8)26-29-27(34-17-33-26)22-11-12-23-25(28(22)35-29)31(4,5)16-30(23,2)3/h9-15,17H,16H2,1-8H3. The van der Waals surface area contributed by atoms with E-state index in [4.69, 9.17) is 14.4 Å². The predicted octanol–water partition coefficient (Wildman–Crippen LogP) is 8.01. The van der Waals surface area contributed by atoms with Gasteiger partial charge in [-0.15, -0.1) is 0 Å². The van der Waals surface area contributed by atoms with Crippen LogP contribution in [0.25, 0.3) is 44.1 Å². The van der Waals surface area contributed by atoms with Crippen LogP contribution in [-0.2, 0) is 10.8 Å². The van der Waals surface area contributed by atoms with Crippen molar-refractivity contribution in [2.45, 2.75) is 69.1 Å². The molecule has 6 rings (SSSR count). The molecule has 0 saturated heterocycles. The Bertz CT molecular complexity index is 1670. The van der Waals surface area contributed by atoms with E-state index in [-0.39, 0.29) is 10.8 Å². The van der Waals surface area contributed by atoms with Crippen molar-refractivity contribution in [2.24, 2.45) is 0 Å². The number of nitrogens with zero attached hydrogens (tertiary/aromatic N) is 2. The molecule has 4 heteroatoms. The molecule has 0 radical (unpaired) electrons. The van der Waals surface area contributed by atoms with E-state index < -0.39 is 13.3 Å². The van der Waals surface area contributed by atoms with Gasteiger partial charge in [0.25, 0.3) is 0 Å². The van der Waals surface area contributed by atoms with Gasteiger partial charge in [-0.3, -0.25) is 0 Å². The first-order valence-electron chi connectivity index (χ1n) is 12.6. The molecule has 2 heterocycles. The second-order valence-electron chi connectivity index (χ2n) is 12.8. The van der Waals surface area contributed by atoms with Gasteiger partial charge in [-0.25, -0.2) is 0 Å². The van der Waals surface area contributed by atoms with Crippen molar-refractivity contribution < 1.29 is 4.42 Å². The first kappa shape index (κ1) is 22.8. The van der Waals surface area contributed by atoms with E-state index in [1.54, 1.807) is 6.33 Å². The fourth-order valence-corrected chi connectivity index (χ4v) is 10.0. The van der Waals surface area contributed by atoms with Crippen LogP contribution < -0.4 is 4.40 Å². The summed E-state index contributed by atoms with van der Waals surface area (Å²) in [5.74, 6) is 7.38. The Morgan fingerprint density at radius 3 is 2.31 bits per heavy atom. The van der Waals surface area contributed by atoms with E-state index in [0.717, 1.165) is 39.7 Å². The third-order valence-corrected chi connectivity index (χ3v) is 12.2. The van der Waals surface area contributed by atoms with Gasteiger partial charge in [0.15, 0.2) is 0 Å². The van der Waals surface area contributed by atoms with Crippen LogP contribution >= 0.6 is 0 Å². The third-order valence-electron chi connectivity index (χ3n) is 7.90. The van der Waals surface area contributed by atoms with Crippen molar-refractivity contribution in [1.82, 2.24) is 9.97 Å². The number of hydrogen-bond donors (Lipinski definition) is 0. The molecule has 35 heavy (non-hydrogen) atoms. The van der Waals surface area contributed by atoms with Gasteiger partial charge >= 0.3 is 211 Å². The summed E-state index contributed by atoms with van der Waals surface area (Å²) in [6.45, 7) is 11.5. The molecule has 1 aliphatic rings. The summed E-state index contributed by atoms with van der Waals surface area (Å²) in [7, 11) is 0. The van der Waals surface area contributed by atoms with Gasteiger partial charge in [0, 0.05) is 0 Å². The normalized spacial score (nSPS) is 16.9. The number of benzene rings is 3. The molecule has 0 fully saturated rings.